The molecule has 1 atom stereocenters. The van der Waals surface area contributed by atoms with Gasteiger partial charge in [-0.1, -0.05) is 0 Å². The molecule has 1 N–H and O–H groups in total. The smallest absolute Gasteiger partial charge is 0.244 e. The molecule has 4 aliphatic carbocycles. The lowest BCUT2D eigenvalue weighted by molar-refractivity contribution is -0.121. The van der Waals surface area contributed by atoms with E-state index in [-0.39, 0.29) is 11.9 Å². The number of ether oxygens (including phenoxy) is 2. The van der Waals surface area contributed by atoms with Crippen molar-refractivity contribution in [2.24, 2.45) is 23.2 Å². The standard InChI is InChI=1S/C23H31NO3/c1-15(23-12-16-8-17(13-23)10-18(9-16)14-23)24-22(25)7-5-19-4-6-20(26-2)11-21(19)27-3/h4-7,11,15-18H,8-10,12-14H2,1-3H3,(H,24,25)/b7-5+/t15-,16?,17?,18?,23?/m0/s1. The van der Waals surface area contributed by atoms with Crippen LogP contribution in [0.4, 0.5) is 0 Å². The quantitative estimate of drug-likeness (QED) is 0.754. The topological polar surface area (TPSA) is 47.6 Å². The zero-order valence-corrected chi connectivity index (χ0v) is 16.7. The lowest BCUT2D eigenvalue weighted by Gasteiger charge is -2.59. The van der Waals surface area contributed by atoms with Crippen molar-refractivity contribution in [2.75, 3.05) is 14.2 Å². The summed E-state index contributed by atoms with van der Waals surface area (Å²) in [5.74, 6) is 4.12. The molecular weight excluding hydrogens is 338 g/mol. The molecule has 1 aromatic rings. The van der Waals surface area contributed by atoms with E-state index in [1.165, 1.54) is 38.5 Å². The fourth-order valence-corrected chi connectivity index (χ4v) is 6.24. The number of nitrogens with one attached hydrogen (secondary N) is 1. The number of rotatable bonds is 6. The van der Waals surface area contributed by atoms with Crippen LogP contribution in [-0.4, -0.2) is 26.2 Å². The third-order valence-electron chi connectivity index (χ3n) is 7.22. The first kappa shape index (κ1) is 18.4. The summed E-state index contributed by atoms with van der Waals surface area (Å²) in [6, 6.07) is 5.85. The zero-order valence-electron chi connectivity index (χ0n) is 16.7. The molecule has 0 saturated heterocycles. The normalized spacial score (nSPS) is 32.5. The van der Waals surface area contributed by atoms with Crippen LogP contribution in [0.3, 0.4) is 0 Å². The molecule has 0 aliphatic heterocycles. The maximum absolute atomic E-state index is 12.6. The molecule has 0 unspecified atom stereocenters. The van der Waals surface area contributed by atoms with E-state index in [2.05, 4.69) is 12.2 Å². The van der Waals surface area contributed by atoms with Crippen LogP contribution in [0, 0.1) is 23.2 Å². The fourth-order valence-electron chi connectivity index (χ4n) is 6.24. The molecule has 4 fully saturated rings. The Kier molecular flexibility index (Phi) is 4.92. The van der Waals surface area contributed by atoms with E-state index in [1.807, 2.05) is 24.3 Å². The first-order valence-electron chi connectivity index (χ1n) is 10.2. The largest absolute Gasteiger partial charge is 0.497 e. The van der Waals surface area contributed by atoms with Crippen molar-refractivity contribution in [3.8, 4) is 11.5 Å². The average Bonchev–Trinajstić information content (AvgIpc) is 2.65. The summed E-state index contributed by atoms with van der Waals surface area (Å²) in [6.07, 6.45) is 11.6. The highest BCUT2D eigenvalue weighted by atomic mass is 16.5. The van der Waals surface area contributed by atoms with Crippen LogP contribution in [0.25, 0.3) is 6.08 Å². The Morgan fingerprint density at radius 3 is 2.30 bits per heavy atom. The Morgan fingerprint density at radius 1 is 1.11 bits per heavy atom. The molecule has 0 radical (unpaired) electrons. The summed E-state index contributed by atoms with van der Waals surface area (Å²) in [6.45, 7) is 2.22. The number of methoxy groups -OCH3 is 2. The van der Waals surface area contributed by atoms with Gasteiger partial charge in [0.1, 0.15) is 11.5 Å². The summed E-state index contributed by atoms with van der Waals surface area (Å²) in [4.78, 5) is 12.6. The highest BCUT2D eigenvalue weighted by Gasteiger charge is 2.53. The maximum Gasteiger partial charge on any atom is 0.244 e. The number of carbonyl (C=O) groups excluding carboxylic acids is 1. The van der Waals surface area contributed by atoms with E-state index in [1.54, 1.807) is 20.3 Å². The Morgan fingerprint density at radius 2 is 1.74 bits per heavy atom. The van der Waals surface area contributed by atoms with Gasteiger partial charge in [-0.2, -0.15) is 0 Å². The average molecular weight is 370 g/mol. The van der Waals surface area contributed by atoms with Crippen molar-refractivity contribution in [3.63, 3.8) is 0 Å². The molecule has 5 rings (SSSR count). The number of hydrogen-bond acceptors (Lipinski definition) is 3. The molecular formula is C23H31NO3. The van der Waals surface area contributed by atoms with Crippen molar-refractivity contribution in [3.05, 3.63) is 29.8 Å². The molecule has 4 saturated carbocycles. The van der Waals surface area contributed by atoms with Crippen molar-refractivity contribution in [1.29, 1.82) is 0 Å². The lowest BCUT2D eigenvalue weighted by atomic mass is 9.48. The van der Waals surface area contributed by atoms with E-state index in [0.717, 1.165) is 29.1 Å². The summed E-state index contributed by atoms with van der Waals surface area (Å²) >= 11 is 0. The first-order chi connectivity index (χ1) is 13.0. The monoisotopic (exact) mass is 369 g/mol. The van der Waals surface area contributed by atoms with Gasteiger partial charge in [-0.15, -0.1) is 0 Å². The number of carbonyl (C=O) groups is 1. The van der Waals surface area contributed by atoms with Crippen LogP contribution in [0.2, 0.25) is 0 Å². The predicted molar refractivity (Wildman–Crippen MR) is 107 cm³/mol. The second-order valence-electron chi connectivity index (χ2n) is 8.95. The van der Waals surface area contributed by atoms with Gasteiger partial charge < -0.3 is 14.8 Å². The van der Waals surface area contributed by atoms with E-state index in [4.69, 9.17) is 9.47 Å². The molecule has 0 spiro atoms. The van der Waals surface area contributed by atoms with Crippen LogP contribution in [0.1, 0.15) is 51.0 Å². The maximum atomic E-state index is 12.6. The molecule has 27 heavy (non-hydrogen) atoms. The Balaban J connectivity index is 1.41. The molecule has 1 aromatic carbocycles. The first-order valence-corrected chi connectivity index (χ1v) is 10.2. The number of hydrogen-bond donors (Lipinski definition) is 1. The lowest BCUT2D eigenvalue weighted by Crippen LogP contribution is -2.55. The van der Waals surface area contributed by atoms with Gasteiger partial charge in [0, 0.05) is 23.7 Å². The number of benzene rings is 1. The summed E-state index contributed by atoms with van der Waals surface area (Å²) < 4.78 is 10.6. The molecule has 4 bridgehead atoms. The van der Waals surface area contributed by atoms with Crippen LogP contribution < -0.4 is 14.8 Å². The van der Waals surface area contributed by atoms with Gasteiger partial charge in [0.25, 0.3) is 0 Å². The Hall–Kier alpha value is -1.97. The van der Waals surface area contributed by atoms with Gasteiger partial charge in [-0.3, -0.25) is 4.79 Å². The minimum absolute atomic E-state index is 0.0175. The van der Waals surface area contributed by atoms with Gasteiger partial charge in [0.2, 0.25) is 5.91 Å². The summed E-state index contributed by atoms with van der Waals surface area (Å²) in [7, 11) is 3.25. The van der Waals surface area contributed by atoms with Crippen LogP contribution in [0.15, 0.2) is 24.3 Å². The fraction of sp³-hybridized carbons (Fsp3) is 0.609. The molecule has 0 aromatic heterocycles. The highest BCUT2D eigenvalue weighted by molar-refractivity contribution is 5.92. The van der Waals surface area contributed by atoms with Gasteiger partial charge in [-0.05, 0) is 86.8 Å². The van der Waals surface area contributed by atoms with Crippen molar-refractivity contribution in [1.82, 2.24) is 5.32 Å². The second-order valence-corrected chi connectivity index (χ2v) is 8.95. The highest BCUT2D eigenvalue weighted by Crippen LogP contribution is 2.61. The third kappa shape index (κ3) is 3.59. The van der Waals surface area contributed by atoms with E-state index in [0.29, 0.717) is 11.2 Å². The van der Waals surface area contributed by atoms with Gasteiger partial charge in [-0.25, -0.2) is 0 Å². The predicted octanol–water partition coefficient (Wildman–Crippen LogP) is 4.44. The zero-order chi connectivity index (χ0) is 19.0. The van der Waals surface area contributed by atoms with E-state index in [9.17, 15) is 4.79 Å². The van der Waals surface area contributed by atoms with Gasteiger partial charge in [0.05, 0.1) is 14.2 Å². The minimum Gasteiger partial charge on any atom is -0.497 e. The van der Waals surface area contributed by atoms with Crippen LogP contribution in [-0.2, 0) is 4.79 Å². The molecule has 4 aliphatic rings. The van der Waals surface area contributed by atoms with Gasteiger partial charge in [0.15, 0.2) is 0 Å². The molecule has 4 heteroatoms. The second kappa shape index (κ2) is 7.21. The number of amides is 1. The Labute approximate surface area is 162 Å². The van der Waals surface area contributed by atoms with Crippen molar-refractivity contribution < 1.29 is 14.3 Å². The summed E-state index contributed by atoms with van der Waals surface area (Å²) in [5.41, 5.74) is 1.20. The van der Waals surface area contributed by atoms with Crippen LogP contribution >= 0.6 is 0 Å². The molecule has 146 valence electrons. The molecule has 4 nitrogen and oxygen atoms in total. The van der Waals surface area contributed by atoms with Gasteiger partial charge >= 0.3 is 0 Å². The summed E-state index contributed by atoms with van der Waals surface area (Å²) in [5, 5.41) is 3.28. The molecule has 1 amide bonds. The van der Waals surface area contributed by atoms with E-state index >= 15 is 0 Å². The van der Waals surface area contributed by atoms with Crippen molar-refractivity contribution in [2.45, 2.75) is 51.5 Å². The minimum atomic E-state index is -0.0175. The third-order valence-corrected chi connectivity index (χ3v) is 7.22. The SMILES string of the molecule is COc1ccc(/C=C/C(=O)N[C@@H](C)C23CC4CC(CC(C4)C2)C3)c(OC)c1. The molecule has 0 heterocycles. The van der Waals surface area contributed by atoms with Crippen LogP contribution in [0.5, 0.6) is 11.5 Å². The van der Waals surface area contributed by atoms with E-state index < -0.39 is 0 Å². The van der Waals surface area contributed by atoms with Crippen molar-refractivity contribution >= 4 is 12.0 Å². The Bertz CT molecular complexity index is 704.